The number of nitrogens with zero attached hydrogens (tertiary/aromatic N) is 1. The average molecular weight is 310 g/mol. The van der Waals surface area contributed by atoms with E-state index in [1.165, 1.54) is 11.1 Å². The van der Waals surface area contributed by atoms with Crippen LogP contribution in [0.15, 0.2) is 48.5 Å². The molecule has 0 spiro atoms. The molecule has 2 aromatic rings. The number of benzene rings is 2. The number of hydrogen-bond acceptors (Lipinski definition) is 2. The van der Waals surface area contributed by atoms with E-state index in [1.807, 2.05) is 41.3 Å². The van der Waals surface area contributed by atoms with Crippen molar-refractivity contribution in [3.8, 4) is 5.75 Å². The number of amides is 2. The summed E-state index contributed by atoms with van der Waals surface area (Å²) in [4.78, 5) is 14.6. The molecule has 1 heterocycles. The van der Waals surface area contributed by atoms with E-state index in [0.29, 0.717) is 0 Å². The van der Waals surface area contributed by atoms with E-state index in [2.05, 4.69) is 24.4 Å². The molecule has 1 N–H and O–H groups in total. The SMILES string of the molecule is COc1cccc(NC(=O)N2CCCC2c2ccccc2C)c1. The van der Waals surface area contributed by atoms with E-state index in [1.54, 1.807) is 7.11 Å². The van der Waals surface area contributed by atoms with Gasteiger partial charge in [0.25, 0.3) is 0 Å². The van der Waals surface area contributed by atoms with Gasteiger partial charge in [-0.2, -0.15) is 0 Å². The zero-order valence-electron chi connectivity index (χ0n) is 13.6. The van der Waals surface area contributed by atoms with E-state index >= 15 is 0 Å². The van der Waals surface area contributed by atoms with Gasteiger partial charge in [0.15, 0.2) is 0 Å². The highest BCUT2D eigenvalue weighted by atomic mass is 16.5. The lowest BCUT2D eigenvalue weighted by Crippen LogP contribution is -2.34. The number of carbonyl (C=O) groups is 1. The predicted octanol–water partition coefficient (Wildman–Crippen LogP) is 4.37. The van der Waals surface area contributed by atoms with Crippen molar-refractivity contribution in [2.45, 2.75) is 25.8 Å². The highest BCUT2D eigenvalue weighted by Crippen LogP contribution is 2.34. The van der Waals surface area contributed by atoms with Crippen molar-refractivity contribution in [2.75, 3.05) is 19.0 Å². The van der Waals surface area contributed by atoms with Crippen LogP contribution in [0.3, 0.4) is 0 Å². The maximum absolute atomic E-state index is 12.7. The van der Waals surface area contributed by atoms with Crippen LogP contribution in [0.2, 0.25) is 0 Å². The summed E-state index contributed by atoms with van der Waals surface area (Å²) in [5, 5.41) is 2.98. The molecule has 1 saturated heterocycles. The molecule has 23 heavy (non-hydrogen) atoms. The number of rotatable bonds is 3. The fourth-order valence-corrected chi connectivity index (χ4v) is 3.19. The van der Waals surface area contributed by atoms with Gasteiger partial charge in [-0.3, -0.25) is 0 Å². The first-order valence-electron chi connectivity index (χ1n) is 7.96. The summed E-state index contributed by atoms with van der Waals surface area (Å²) in [6, 6.07) is 15.8. The Kier molecular flexibility index (Phi) is 4.51. The third-order valence-electron chi connectivity index (χ3n) is 4.38. The second kappa shape index (κ2) is 6.73. The van der Waals surface area contributed by atoms with Crippen molar-refractivity contribution in [2.24, 2.45) is 0 Å². The molecule has 1 aliphatic rings. The first-order valence-corrected chi connectivity index (χ1v) is 7.96. The summed E-state index contributed by atoms with van der Waals surface area (Å²) in [6.45, 7) is 2.89. The molecule has 120 valence electrons. The summed E-state index contributed by atoms with van der Waals surface area (Å²) >= 11 is 0. The number of likely N-dealkylation sites (tertiary alicyclic amines) is 1. The molecule has 1 fully saturated rings. The Labute approximate surface area is 137 Å². The first kappa shape index (κ1) is 15.4. The molecule has 2 amide bonds. The highest BCUT2D eigenvalue weighted by Gasteiger charge is 2.30. The predicted molar refractivity (Wildman–Crippen MR) is 91.9 cm³/mol. The molecule has 4 nitrogen and oxygen atoms in total. The Morgan fingerprint density at radius 1 is 1.22 bits per heavy atom. The van der Waals surface area contributed by atoms with Crippen LogP contribution < -0.4 is 10.1 Å². The van der Waals surface area contributed by atoms with Crippen LogP contribution in [0.25, 0.3) is 0 Å². The number of carbonyl (C=O) groups excluding carboxylic acids is 1. The number of methoxy groups -OCH3 is 1. The van der Waals surface area contributed by atoms with Gasteiger partial charge in [-0.25, -0.2) is 4.79 Å². The molecule has 0 aliphatic carbocycles. The van der Waals surface area contributed by atoms with Gasteiger partial charge in [-0.05, 0) is 43.0 Å². The summed E-state index contributed by atoms with van der Waals surface area (Å²) in [5.41, 5.74) is 3.23. The number of ether oxygens (including phenoxy) is 1. The maximum atomic E-state index is 12.7. The first-order chi connectivity index (χ1) is 11.2. The van der Waals surface area contributed by atoms with Crippen LogP contribution in [0, 0.1) is 6.92 Å². The topological polar surface area (TPSA) is 41.6 Å². The van der Waals surface area contributed by atoms with Crippen LogP contribution in [-0.4, -0.2) is 24.6 Å². The molecule has 4 heteroatoms. The highest BCUT2D eigenvalue weighted by molar-refractivity contribution is 5.90. The molecule has 1 unspecified atom stereocenters. The zero-order chi connectivity index (χ0) is 16.2. The van der Waals surface area contributed by atoms with E-state index in [0.717, 1.165) is 30.8 Å². The van der Waals surface area contributed by atoms with Gasteiger partial charge in [0.05, 0.1) is 13.2 Å². The lowest BCUT2D eigenvalue weighted by Gasteiger charge is -2.26. The lowest BCUT2D eigenvalue weighted by atomic mass is 9.99. The lowest BCUT2D eigenvalue weighted by molar-refractivity contribution is 0.207. The Balaban J connectivity index is 1.77. The molecule has 3 rings (SSSR count). The number of nitrogens with one attached hydrogen (secondary N) is 1. The van der Waals surface area contributed by atoms with Crippen molar-refractivity contribution >= 4 is 11.7 Å². The fraction of sp³-hybridized carbons (Fsp3) is 0.316. The Bertz CT molecular complexity index is 699. The molecule has 0 bridgehead atoms. The van der Waals surface area contributed by atoms with Gasteiger partial charge >= 0.3 is 6.03 Å². The van der Waals surface area contributed by atoms with Crippen LogP contribution >= 0.6 is 0 Å². The van der Waals surface area contributed by atoms with Crippen molar-refractivity contribution in [3.63, 3.8) is 0 Å². The average Bonchev–Trinajstić information content (AvgIpc) is 3.05. The quantitative estimate of drug-likeness (QED) is 0.914. The molecule has 2 aromatic carbocycles. The van der Waals surface area contributed by atoms with E-state index < -0.39 is 0 Å². The summed E-state index contributed by atoms with van der Waals surface area (Å²) < 4.78 is 5.20. The molecule has 1 aliphatic heterocycles. The molecule has 1 atom stereocenters. The second-order valence-corrected chi connectivity index (χ2v) is 5.87. The molecule has 0 radical (unpaired) electrons. The smallest absolute Gasteiger partial charge is 0.322 e. The van der Waals surface area contributed by atoms with Gasteiger partial charge in [0.1, 0.15) is 5.75 Å². The van der Waals surface area contributed by atoms with E-state index in [9.17, 15) is 4.79 Å². The van der Waals surface area contributed by atoms with Crippen LogP contribution in [0.4, 0.5) is 10.5 Å². The van der Waals surface area contributed by atoms with Gasteiger partial charge in [-0.1, -0.05) is 30.3 Å². The Morgan fingerprint density at radius 2 is 2.04 bits per heavy atom. The molecular weight excluding hydrogens is 288 g/mol. The second-order valence-electron chi connectivity index (χ2n) is 5.87. The molecule has 0 saturated carbocycles. The Hall–Kier alpha value is -2.49. The van der Waals surface area contributed by atoms with Crippen LogP contribution in [0.1, 0.15) is 30.0 Å². The fourth-order valence-electron chi connectivity index (χ4n) is 3.19. The summed E-state index contributed by atoms with van der Waals surface area (Å²) in [7, 11) is 1.62. The molecular formula is C19H22N2O2. The summed E-state index contributed by atoms with van der Waals surface area (Å²) in [5.74, 6) is 0.736. The number of anilines is 1. The van der Waals surface area contributed by atoms with Crippen molar-refractivity contribution < 1.29 is 9.53 Å². The third-order valence-corrected chi connectivity index (χ3v) is 4.38. The number of urea groups is 1. The minimum Gasteiger partial charge on any atom is -0.497 e. The minimum absolute atomic E-state index is 0.0518. The maximum Gasteiger partial charge on any atom is 0.322 e. The largest absolute Gasteiger partial charge is 0.497 e. The van der Waals surface area contributed by atoms with Crippen molar-refractivity contribution in [1.82, 2.24) is 4.90 Å². The summed E-state index contributed by atoms with van der Waals surface area (Å²) in [6.07, 6.45) is 2.04. The number of hydrogen-bond donors (Lipinski definition) is 1. The van der Waals surface area contributed by atoms with Gasteiger partial charge in [-0.15, -0.1) is 0 Å². The zero-order valence-corrected chi connectivity index (χ0v) is 13.6. The van der Waals surface area contributed by atoms with Gasteiger partial charge in [0, 0.05) is 18.3 Å². The Morgan fingerprint density at radius 3 is 2.83 bits per heavy atom. The standard InChI is InChI=1S/C19H22N2O2/c1-14-7-3-4-10-17(14)18-11-6-12-21(18)19(22)20-15-8-5-9-16(13-15)23-2/h3-5,7-10,13,18H,6,11-12H2,1-2H3,(H,20,22). The third kappa shape index (κ3) is 3.31. The minimum atomic E-state index is -0.0518. The molecule has 0 aromatic heterocycles. The van der Waals surface area contributed by atoms with Gasteiger partial charge in [0.2, 0.25) is 0 Å². The number of aryl methyl sites for hydroxylation is 1. The van der Waals surface area contributed by atoms with Crippen LogP contribution in [0.5, 0.6) is 5.75 Å². The monoisotopic (exact) mass is 310 g/mol. The van der Waals surface area contributed by atoms with Gasteiger partial charge < -0.3 is 15.0 Å². The van der Waals surface area contributed by atoms with E-state index in [-0.39, 0.29) is 12.1 Å². The van der Waals surface area contributed by atoms with E-state index in [4.69, 9.17) is 4.74 Å². The van der Waals surface area contributed by atoms with Crippen molar-refractivity contribution in [3.05, 3.63) is 59.7 Å². The van der Waals surface area contributed by atoms with Crippen molar-refractivity contribution in [1.29, 1.82) is 0 Å². The van der Waals surface area contributed by atoms with Crippen LogP contribution in [-0.2, 0) is 0 Å². The normalized spacial score (nSPS) is 17.1.